The van der Waals surface area contributed by atoms with Gasteiger partial charge in [0.15, 0.2) is 5.76 Å². The molecule has 1 aliphatic heterocycles. The zero-order valence-electron chi connectivity index (χ0n) is 16.4. The molecule has 0 fully saturated rings. The van der Waals surface area contributed by atoms with Crippen molar-refractivity contribution in [1.29, 1.82) is 0 Å². The Bertz CT molecular complexity index is 1090. The normalized spacial score (nSPS) is 16.0. The molecule has 9 nitrogen and oxygen atoms in total. The predicted octanol–water partition coefficient (Wildman–Crippen LogP) is 3.13. The first-order chi connectivity index (χ1) is 13.8. The van der Waals surface area contributed by atoms with Crippen LogP contribution in [0.5, 0.6) is 0 Å². The summed E-state index contributed by atoms with van der Waals surface area (Å²) in [5, 5.41) is 17.9. The quantitative estimate of drug-likeness (QED) is 0.730. The maximum atomic E-state index is 12.1. The number of rotatable bonds is 3. The van der Waals surface area contributed by atoms with Gasteiger partial charge in [-0.15, -0.1) is 0 Å². The Morgan fingerprint density at radius 2 is 2.03 bits per heavy atom. The summed E-state index contributed by atoms with van der Waals surface area (Å²) in [7, 11) is 0. The summed E-state index contributed by atoms with van der Waals surface area (Å²) in [5.41, 5.74) is 3.53. The molecule has 1 aromatic carbocycles. The van der Waals surface area contributed by atoms with E-state index in [0.29, 0.717) is 23.7 Å². The van der Waals surface area contributed by atoms with Gasteiger partial charge in [-0.05, 0) is 31.5 Å². The molecule has 3 heterocycles. The van der Waals surface area contributed by atoms with Gasteiger partial charge in [-0.3, -0.25) is 14.4 Å². The Kier molecular flexibility index (Phi) is 4.57. The SMILES string of the molecule is CC(=O)N1c2ccc(-c3cnn(Cc4cc(C)no4)c3)cc2N(C(=O)O)C[C@@H]1C. The van der Waals surface area contributed by atoms with E-state index in [1.807, 2.05) is 32.2 Å². The van der Waals surface area contributed by atoms with Crippen LogP contribution >= 0.6 is 0 Å². The fourth-order valence-electron chi connectivity index (χ4n) is 3.72. The minimum atomic E-state index is -1.05. The number of nitrogens with zero attached hydrogens (tertiary/aromatic N) is 5. The number of anilines is 2. The highest BCUT2D eigenvalue weighted by molar-refractivity contribution is 6.02. The summed E-state index contributed by atoms with van der Waals surface area (Å²) in [4.78, 5) is 26.8. The van der Waals surface area contributed by atoms with Gasteiger partial charge in [0.2, 0.25) is 5.91 Å². The van der Waals surface area contributed by atoms with Gasteiger partial charge in [0.1, 0.15) is 6.54 Å². The third-order valence-corrected chi connectivity index (χ3v) is 4.94. The summed E-state index contributed by atoms with van der Waals surface area (Å²) < 4.78 is 6.95. The molecule has 1 N–H and O–H groups in total. The van der Waals surface area contributed by atoms with Crippen LogP contribution in [0.2, 0.25) is 0 Å². The van der Waals surface area contributed by atoms with Gasteiger partial charge in [0, 0.05) is 31.3 Å². The van der Waals surface area contributed by atoms with Crippen molar-refractivity contribution in [2.75, 3.05) is 16.3 Å². The van der Waals surface area contributed by atoms with E-state index in [1.54, 1.807) is 27.9 Å². The Hall–Kier alpha value is -3.62. The Morgan fingerprint density at radius 3 is 2.69 bits per heavy atom. The first-order valence-corrected chi connectivity index (χ1v) is 9.23. The Balaban J connectivity index is 1.69. The molecule has 0 radical (unpaired) electrons. The zero-order valence-corrected chi connectivity index (χ0v) is 16.4. The number of fused-ring (bicyclic) bond motifs is 1. The van der Waals surface area contributed by atoms with Crippen molar-refractivity contribution < 1.29 is 19.2 Å². The molecule has 0 saturated carbocycles. The van der Waals surface area contributed by atoms with E-state index in [2.05, 4.69) is 10.3 Å². The molecular formula is C20H21N5O4. The first-order valence-electron chi connectivity index (χ1n) is 9.23. The fraction of sp³-hybridized carbons (Fsp3) is 0.300. The lowest BCUT2D eigenvalue weighted by Crippen LogP contribution is -2.51. The number of amides is 2. The maximum absolute atomic E-state index is 12.1. The van der Waals surface area contributed by atoms with Crippen molar-refractivity contribution in [2.24, 2.45) is 0 Å². The number of carboxylic acid groups (broad SMARTS) is 1. The van der Waals surface area contributed by atoms with Crippen molar-refractivity contribution in [3.63, 3.8) is 0 Å². The van der Waals surface area contributed by atoms with Gasteiger partial charge < -0.3 is 14.5 Å². The van der Waals surface area contributed by atoms with Crippen LogP contribution in [-0.2, 0) is 11.3 Å². The van der Waals surface area contributed by atoms with E-state index >= 15 is 0 Å². The van der Waals surface area contributed by atoms with Crippen molar-refractivity contribution in [3.05, 3.63) is 48.1 Å². The fourth-order valence-corrected chi connectivity index (χ4v) is 3.72. The highest BCUT2D eigenvalue weighted by Gasteiger charge is 2.33. The molecule has 150 valence electrons. The highest BCUT2D eigenvalue weighted by atomic mass is 16.5. The lowest BCUT2D eigenvalue weighted by atomic mass is 10.0. The molecule has 0 saturated heterocycles. The molecule has 2 aromatic heterocycles. The van der Waals surface area contributed by atoms with E-state index in [0.717, 1.165) is 16.8 Å². The summed E-state index contributed by atoms with van der Waals surface area (Å²) in [6.45, 7) is 5.84. The monoisotopic (exact) mass is 395 g/mol. The lowest BCUT2D eigenvalue weighted by molar-refractivity contribution is -0.117. The van der Waals surface area contributed by atoms with E-state index in [4.69, 9.17) is 4.52 Å². The van der Waals surface area contributed by atoms with E-state index in [9.17, 15) is 14.7 Å². The molecule has 4 rings (SSSR count). The number of carbonyl (C=O) groups is 2. The minimum Gasteiger partial charge on any atom is -0.465 e. The second kappa shape index (κ2) is 7.08. The molecule has 1 atom stereocenters. The average Bonchev–Trinajstić information content (AvgIpc) is 3.29. The smallest absolute Gasteiger partial charge is 0.411 e. The number of aromatic nitrogens is 3. The predicted molar refractivity (Wildman–Crippen MR) is 106 cm³/mol. The van der Waals surface area contributed by atoms with Gasteiger partial charge in [0.25, 0.3) is 0 Å². The Morgan fingerprint density at radius 1 is 1.24 bits per heavy atom. The number of carbonyl (C=O) groups excluding carboxylic acids is 1. The molecule has 9 heteroatoms. The zero-order chi connectivity index (χ0) is 20.7. The molecule has 29 heavy (non-hydrogen) atoms. The van der Waals surface area contributed by atoms with Gasteiger partial charge in [-0.25, -0.2) is 4.79 Å². The lowest BCUT2D eigenvalue weighted by Gasteiger charge is -2.39. The van der Waals surface area contributed by atoms with Gasteiger partial charge in [-0.2, -0.15) is 5.10 Å². The van der Waals surface area contributed by atoms with Gasteiger partial charge in [0.05, 0.1) is 29.3 Å². The van der Waals surface area contributed by atoms with Gasteiger partial charge >= 0.3 is 6.09 Å². The van der Waals surface area contributed by atoms with Crippen molar-refractivity contribution in [1.82, 2.24) is 14.9 Å². The number of hydrogen-bond donors (Lipinski definition) is 1. The van der Waals surface area contributed by atoms with Crippen LogP contribution in [0.3, 0.4) is 0 Å². The van der Waals surface area contributed by atoms with E-state index < -0.39 is 6.09 Å². The summed E-state index contributed by atoms with van der Waals surface area (Å²) in [6.07, 6.45) is 2.53. The largest absolute Gasteiger partial charge is 0.465 e. The third-order valence-electron chi connectivity index (χ3n) is 4.94. The summed E-state index contributed by atoms with van der Waals surface area (Å²) in [5.74, 6) is 0.581. The van der Waals surface area contributed by atoms with Crippen LogP contribution in [0, 0.1) is 6.92 Å². The van der Waals surface area contributed by atoms with E-state index in [-0.39, 0.29) is 18.5 Å². The van der Waals surface area contributed by atoms with Crippen LogP contribution in [0.25, 0.3) is 11.1 Å². The van der Waals surface area contributed by atoms with Crippen LogP contribution in [0.15, 0.2) is 41.2 Å². The summed E-state index contributed by atoms with van der Waals surface area (Å²) >= 11 is 0. The molecule has 1 aliphatic rings. The summed E-state index contributed by atoms with van der Waals surface area (Å²) in [6, 6.07) is 7.05. The molecule has 0 bridgehead atoms. The molecule has 3 aromatic rings. The number of benzene rings is 1. The molecule has 0 unspecified atom stereocenters. The maximum Gasteiger partial charge on any atom is 0.411 e. The topological polar surface area (TPSA) is 105 Å². The average molecular weight is 395 g/mol. The highest BCUT2D eigenvalue weighted by Crippen LogP contribution is 2.38. The molecule has 0 aliphatic carbocycles. The van der Waals surface area contributed by atoms with Crippen LogP contribution in [0.1, 0.15) is 25.3 Å². The Labute approximate surface area is 167 Å². The van der Waals surface area contributed by atoms with Crippen LogP contribution in [-0.4, -0.2) is 44.6 Å². The first kappa shape index (κ1) is 18.7. The third kappa shape index (κ3) is 3.46. The van der Waals surface area contributed by atoms with Crippen molar-refractivity contribution in [2.45, 2.75) is 33.4 Å². The van der Waals surface area contributed by atoms with Crippen molar-refractivity contribution in [3.8, 4) is 11.1 Å². The molecule has 2 amide bonds. The standard InChI is InChI=1S/C20H21N5O4/c1-12-6-17(29-22-12)11-23-10-16(8-21-23)15-4-5-18-19(7-15)24(20(27)28)9-13(2)25(18)14(3)26/h4-8,10,13H,9,11H2,1-3H3,(H,27,28)/t13-/m0/s1. The van der Waals surface area contributed by atoms with Crippen LogP contribution < -0.4 is 9.80 Å². The van der Waals surface area contributed by atoms with E-state index in [1.165, 1.54) is 11.8 Å². The van der Waals surface area contributed by atoms with Gasteiger partial charge in [-0.1, -0.05) is 11.2 Å². The molecular weight excluding hydrogens is 374 g/mol. The molecule has 0 spiro atoms. The second-order valence-corrected chi connectivity index (χ2v) is 7.20. The minimum absolute atomic E-state index is 0.119. The van der Waals surface area contributed by atoms with Crippen molar-refractivity contribution >= 4 is 23.4 Å². The number of aryl methyl sites for hydroxylation is 1. The van der Waals surface area contributed by atoms with Crippen LogP contribution in [0.4, 0.5) is 16.2 Å². The number of hydrogen-bond acceptors (Lipinski definition) is 5. The second-order valence-electron chi connectivity index (χ2n) is 7.20.